The van der Waals surface area contributed by atoms with E-state index in [1.807, 2.05) is 0 Å². The monoisotopic (exact) mass is 576 g/mol. The van der Waals surface area contributed by atoms with Crippen LogP contribution in [0.25, 0.3) is 61.3 Å². The van der Waals surface area contributed by atoms with Crippen LogP contribution < -0.4 is 0 Å². The molecule has 0 aliphatic heterocycles. The van der Waals surface area contributed by atoms with Crippen molar-refractivity contribution in [3.63, 3.8) is 0 Å². The average molecular weight is 577 g/mol. The van der Waals surface area contributed by atoms with Gasteiger partial charge in [0, 0.05) is 33.5 Å². The molecule has 0 bridgehead atoms. The van der Waals surface area contributed by atoms with Gasteiger partial charge in [0.25, 0.3) is 0 Å². The Bertz CT molecular complexity index is 2370. The van der Waals surface area contributed by atoms with Crippen molar-refractivity contribution in [1.82, 2.24) is 9.13 Å². The summed E-state index contributed by atoms with van der Waals surface area (Å²) in [5.41, 5.74) is 12.7. The van der Waals surface area contributed by atoms with Gasteiger partial charge in [0.1, 0.15) is 0 Å². The molecule has 1 aliphatic rings. The quantitative estimate of drug-likeness (QED) is 0.197. The molecule has 1 aliphatic carbocycles. The van der Waals surface area contributed by atoms with Crippen LogP contribution in [0.3, 0.4) is 0 Å². The summed E-state index contributed by atoms with van der Waals surface area (Å²) in [5, 5.41) is 3.93. The normalized spacial score (nSPS) is 16.0. The fraction of sp³-hybridized carbons (Fsp3) is 0.0698. The number of para-hydroxylation sites is 3. The van der Waals surface area contributed by atoms with Crippen molar-refractivity contribution in [2.45, 2.75) is 18.8 Å². The van der Waals surface area contributed by atoms with Crippen LogP contribution in [-0.2, 0) is 0 Å². The van der Waals surface area contributed by atoms with Gasteiger partial charge in [-0.25, -0.2) is 0 Å². The second-order valence-corrected chi connectivity index (χ2v) is 12.2. The third-order valence-corrected chi connectivity index (χ3v) is 9.74. The highest BCUT2D eigenvalue weighted by atomic mass is 15.0. The Hall–Kier alpha value is -5.60. The van der Waals surface area contributed by atoms with E-state index in [4.69, 9.17) is 0 Å². The third kappa shape index (κ3) is 4.03. The van der Waals surface area contributed by atoms with E-state index in [9.17, 15) is 0 Å². The number of rotatable bonds is 4. The van der Waals surface area contributed by atoms with E-state index >= 15 is 0 Å². The molecule has 6 aromatic carbocycles. The van der Waals surface area contributed by atoms with E-state index in [0.29, 0.717) is 5.92 Å². The molecule has 45 heavy (non-hydrogen) atoms. The number of hydrogen-bond acceptors (Lipinski definition) is 0. The van der Waals surface area contributed by atoms with Gasteiger partial charge >= 0.3 is 0 Å². The van der Waals surface area contributed by atoms with Gasteiger partial charge in [-0.15, -0.1) is 0 Å². The minimum Gasteiger partial charge on any atom is -0.310 e. The molecule has 0 N–H and O–H groups in total. The molecule has 2 nitrogen and oxygen atoms in total. The minimum atomic E-state index is 0.278. The molecule has 0 fully saturated rings. The van der Waals surface area contributed by atoms with Gasteiger partial charge in [0.05, 0.1) is 22.2 Å². The average Bonchev–Trinajstić information content (AvgIpc) is 3.62. The summed E-state index contributed by atoms with van der Waals surface area (Å²) in [6.07, 6.45) is 4.79. The summed E-state index contributed by atoms with van der Waals surface area (Å²) < 4.78 is 4.84. The maximum Gasteiger partial charge on any atom is 0.0541 e. The van der Waals surface area contributed by atoms with E-state index in [2.05, 4.69) is 180 Å². The Labute approximate surface area is 263 Å². The predicted molar refractivity (Wildman–Crippen MR) is 190 cm³/mol. The Morgan fingerprint density at radius 1 is 0.467 bits per heavy atom. The highest BCUT2D eigenvalue weighted by molar-refractivity contribution is 6.09. The number of allylic oxidation sites excluding steroid dienone is 1. The summed E-state index contributed by atoms with van der Waals surface area (Å²) in [6.45, 7) is 2.40. The minimum absolute atomic E-state index is 0.278. The van der Waals surface area contributed by atoms with Crippen molar-refractivity contribution >= 4 is 38.8 Å². The van der Waals surface area contributed by atoms with Crippen molar-refractivity contribution < 1.29 is 0 Å². The molecule has 0 saturated carbocycles. The first kappa shape index (κ1) is 25.9. The Kier molecular flexibility index (Phi) is 5.89. The zero-order chi connectivity index (χ0) is 29.9. The molecule has 0 saturated heterocycles. The maximum absolute atomic E-state index is 2.44. The smallest absolute Gasteiger partial charge is 0.0541 e. The Balaban J connectivity index is 1.16. The highest BCUT2D eigenvalue weighted by Gasteiger charge is 2.30. The van der Waals surface area contributed by atoms with Gasteiger partial charge in [0.15, 0.2) is 0 Å². The Morgan fingerprint density at radius 3 is 1.80 bits per heavy atom. The first-order valence-electron chi connectivity index (χ1n) is 15.8. The fourth-order valence-corrected chi connectivity index (χ4v) is 7.63. The van der Waals surface area contributed by atoms with Gasteiger partial charge in [-0.05, 0) is 82.8 Å². The van der Waals surface area contributed by atoms with E-state index in [1.54, 1.807) is 0 Å². The van der Waals surface area contributed by atoms with Gasteiger partial charge in [-0.1, -0.05) is 116 Å². The lowest BCUT2D eigenvalue weighted by atomic mass is 9.78. The number of benzene rings is 6. The first-order valence-corrected chi connectivity index (χ1v) is 15.8. The zero-order valence-electron chi connectivity index (χ0n) is 25.1. The predicted octanol–water partition coefficient (Wildman–Crippen LogP) is 11.3. The number of nitrogens with zero attached hydrogens (tertiary/aromatic N) is 2. The third-order valence-electron chi connectivity index (χ3n) is 9.74. The van der Waals surface area contributed by atoms with E-state index in [1.165, 1.54) is 72.0 Å². The van der Waals surface area contributed by atoms with Gasteiger partial charge in [0.2, 0.25) is 0 Å². The van der Waals surface area contributed by atoms with Crippen LogP contribution in [0.4, 0.5) is 0 Å². The van der Waals surface area contributed by atoms with Crippen LogP contribution in [0.1, 0.15) is 35.6 Å². The lowest BCUT2D eigenvalue weighted by Crippen LogP contribution is -2.12. The molecule has 2 atom stereocenters. The van der Waals surface area contributed by atoms with Crippen molar-refractivity contribution in [3.8, 4) is 22.5 Å². The molecule has 0 radical (unpaired) electrons. The second kappa shape index (κ2) is 10.2. The van der Waals surface area contributed by atoms with Gasteiger partial charge < -0.3 is 9.13 Å². The van der Waals surface area contributed by atoms with Crippen LogP contribution in [-0.4, -0.2) is 9.13 Å². The lowest BCUT2D eigenvalue weighted by molar-refractivity contribution is 0.672. The Morgan fingerprint density at radius 2 is 1.04 bits per heavy atom. The first-order chi connectivity index (χ1) is 22.3. The van der Waals surface area contributed by atoms with E-state index in [0.717, 1.165) is 0 Å². The molecule has 2 unspecified atom stereocenters. The summed E-state index contributed by atoms with van der Waals surface area (Å²) in [6, 6.07) is 55.1. The largest absolute Gasteiger partial charge is 0.310 e. The summed E-state index contributed by atoms with van der Waals surface area (Å²) in [5.74, 6) is 0.597. The molecule has 214 valence electrons. The van der Waals surface area contributed by atoms with Crippen LogP contribution in [0, 0.1) is 0 Å². The molecular weight excluding hydrogens is 544 g/mol. The molecule has 2 heteroatoms. The molecule has 0 amide bonds. The molecule has 0 spiro atoms. The fourth-order valence-electron chi connectivity index (χ4n) is 7.63. The standard InChI is InChI=1S/C43H32N2/c1-29-35(32-22-26-41-38(28-32)36-16-8-10-18-39(36)44(41)33-14-6-3-7-15-33)25-27-42-43(29)37-17-9-11-19-40(37)45(42)34-23-20-31(21-24-34)30-12-4-2-5-13-30/h2-29,35H,1H3. The molecule has 8 aromatic rings. The topological polar surface area (TPSA) is 9.86 Å². The van der Waals surface area contributed by atoms with Crippen molar-refractivity contribution in [1.29, 1.82) is 0 Å². The van der Waals surface area contributed by atoms with Crippen molar-refractivity contribution in [3.05, 3.63) is 175 Å². The van der Waals surface area contributed by atoms with Crippen molar-refractivity contribution in [2.24, 2.45) is 0 Å². The van der Waals surface area contributed by atoms with Crippen LogP contribution in [0.5, 0.6) is 0 Å². The summed E-state index contributed by atoms with van der Waals surface area (Å²) in [4.78, 5) is 0. The molecular formula is C43H32N2. The van der Waals surface area contributed by atoms with Crippen LogP contribution >= 0.6 is 0 Å². The molecule has 9 rings (SSSR count). The van der Waals surface area contributed by atoms with Gasteiger partial charge in [-0.2, -0.15) is 0 Å². The van der Waals surface area contributed by atoms with Crippen LogP contribution in [0.2, 0.25) is 0 Å². The lowest BCUT2D eigenvalue weighted by Gasteiger charge is -2.27. The highest BCUT2D eigenvalue weighted by Crippen LogP contribution is 2.46. The van der Waals surface area contributed by atoms with E-state index in [-0.39, 0.29) is 5.92 Å². The number of aromatic nitrogens is 2. The van der Waals surface area contributed by atoms with Crippen molar-refractivity contribution in [2.75, 3.05) is 0 Å². The van der Waals surface area contributed by atoms with E-state index < -0.39 is 0 Å². The van der Waals surface area contributed by atoms with Gasteiger partial charge in [-0.3, -0.25) is 0 Å². The maximum atomic E-state index is 2.44. The molecule has 2 aromatic heterocycles. The summed E-state index contributed by atoms with van der Waals surface area (Å²) >= 11 is 0. The molecule has 2 heterocycles. The summed E-state index contributed by atoms with van der Waals surface area (Å²) in [7, 11) is 0. The number of fused-ring (bicyclic) bond motifs is 6. The SMILES string of the molecule is CC1c2c(n(-c3ccc(-c4ccccc4)cc3)c3ccccc23)C=CC1c1ccc2c(c1)c1ccccc1n2-c1ccccc1. The second-order valence-electron chi connectivity index (χ2n) is 12.2. The number of hydrogen-bond donors (Lipinski definition) is 0. The zero-order valence-corrected chi connectivity index (χ0v) is 25.1. The van der Waals surface area contributed by atoms with Crippen LogP contribution in [0.15, 0.2) is 158 Å².